The van der Waals surface area contributed by atoms with Crippen LogP contribution in [0.3, 0.4) is 0 Å². The Kier molecular flexibility index (Phi) is 5.88. The smallest absolute Gasteiger partial charge is 0.255 e. The van der Waals surface area contributed by atoms with E-state index in [1.807, 2.05) is 42.5 Å². The fraction of sp³-hybridized carbons (Fsp3) is 0.167. The zero-order valence-corrected chi connectivity index (χ0v) is 16.4. The van der Waals surface area contributed by atoms with Crippen LogP contribution in [0.25, 0.3) is 11.1 Å². The lowest BCUT2D eigenvalue weighted by Crippen LogP contribution is -2.32. The lowest BCUT2D eigenvalue weighted by atomic mass is 9.94. The van der Waals surface area contributed by atoms with Crippen LogP contribution >= 0.6 is 0 Å². The van der Waals surface area contributed by atoms with Gasteiger partial charge >= 0.3 is 0 Å². The number of hydrogen-bond acceptors (Lipinski definition) is 4. The molecule has 30 heavy (non-hydrogen) atoms. The number of aliphatic hydroxyl groups is 1. The Morgan fingerprint density at radius 1 is 0.967 bits per heavy atom. The number of fused-ring (bicyclic) bond motifs is 1. The van der Waals surface area contributed by atoms with E-state index in [2.05, 4.69) is 16.0 Å². The van der Waals surface area contributed by atoms with Gasteiger partial charge in [0.2, 0.25) is 0 Å². The molecule has 3 aromatic carbocycles. The van der Waals surface area contributed by atoms with Crippen LogP contribution in [0.4, 0.5) is 5.69 Å². The molecule has 0 aliphatic carbocycles. The monoisotopic (exact) mass is 401 g/mol. The van der Waals surface area contributed by atoms with Gasteiger partial charge in [-0.05, 0) is 42.3 Å². The molecule has 1 aliphatic rings. The predicted octanol–water partition coefficient (Wildman–Crippen LogP) is 3.32. The molecule has 1 aliphatic heterocycles. The molecule has 1 heterocycles. The SMILES string of the molecule is O=C(Nc1ccc(-c2ccccc2)c2c1C(=O)NC2NCCCO)c1ccccc1. The quantitative estimate of drug-likeness (QED) is 0.457. The Morgan fingerprint density at radius 2 is 1.67 bits per heavy atom. The summed E-state index contributed by atoms with van der Waals surface area (Å²) in [6.07, 6.45) is 0.176. The van der Waals surface area contributed by atoms with Gasteiger partial charge in [0.1, 0.15) is 6.17 Å². The first-order valence-electron chi connectivity index (χ1n) is 9.93. The van der Waals surface area contributed by atoms with Crippen molar-refractivity contribution in [1.29, 1.82) is 0 Å². The number of aliphatic hydroxyl groups excluding tert-OH is 1. The maximum Gasteiger partial charge on any atom is 0.255 e. The van der Waals surface area contributed by atoms with Gasteiger partial charge in [-0.2, -0.15) is 0 Å². The minimum absolute atomic E-state index is 0.0687. The molecule has 6 heteroatoms. The highest BCUT2D eigenvalue weighted by atomic mass is 16.3. The van der Waals surface area contributed by atoms with Gasteiger partial charge < -0.3 is 15.7 Å². The molecule has 2 amide bonds. The maximum absolute atomic E-state index is 12.9. The van der Waals surface area contributed by atoms with Crippen LogP contribution in [0, 0.1) is 0 Å². The van der Waals surface area contributed by atoms with E-state index in [1.165, 1.54) is 0 Å². The van der Waals surface area contributed by atoms with Crippen molar-refractivity contribution in [2.24, 2.45) is 0 Å². The van der Waals surface area contributed by atoms with Crippen molar-refractivity contribution in [2.45, 2.75) is 12.6 Å². The van der Waals surface area contributed by atoms with Gasteiger partial charge in [0, 0.05) is 17.7 Å². The van der Waals surface area contributed by atoms with Crippen LogP contribution in [-0.4, -0.2) is 30.1 Å². The number of anilines is 1. The molecule has 1 atom stereocenters. The van der Waals surface area contributed by atoms with Gasteiger partial charge in [-0.1, -0.05) is 54.6 Å². The molecule has 0 bridgehead atoms. The first-order chi connectivity index (χ1) is 14.7. The van der Waals surface area contributed by atoms with Crippen molar-refractivity contribution in [3.8, 4) is 11.1 Å². The first-order valence-corrected chi connectivity index (χ1v) is 9.93. The summed E-state index contributed by atoms with van der Waals surface area (Å²) in [7, 11) is 0. The number of carbonyl (C=O) groups excluding carboxylic acids is 2. The standard InChI is InChI=1S/C24H23N3O3/c28-15-7-14-25-22-20-18(16-8-3-1-4-9-16)12-13-19(21(20)24(30)27-22)26-23(29)17-10-5-2-6-11-17/h1-6,8-13,22,25,28H,7,14-15H2,(H,26,29)(H,27,30). The Balaban J connectivity index is 1.75. The second-order valence-corrected chi connectivity index (χ2v) is 7.07. The summed E-state index contributed by atoms with van der Waals surface area (Å²) < 4.78 is 0. The molecule has 152 valence electrons. The Morgan fingerprint density at radius 3 is 2.37 bits per heavy atom. The second-order valence-electron chi connectivity index (χ2n) is 7.07. The Hall–Kier alpha value is -3.48. The topological polar surface area (TPSA) is 90.5 Å². The van der Waals surface area contributed by atoms with E-state index in [9.17, 15) is 9.59 Å². The fourth-order valence-electron chi connectivity index (χ4n) is 3.68. The average molecular weight is 401 g/mol. The zero-order chi connectivity index (χ0) is 20.9. The van der Waals surface area contributed by atoms with Gasteiger partial charge in [0.15, 0.2) is 0 Å². The first kappa shape index (κ1) is 19.8. The van der Waals surface area contributed by atoms with Crippen molar-refractivity contribution in [1.82, 2.24) is 10.6 Å². The van der Waals surface area contributed by atoms with Gasteiger partial charge in [0.25, 0.3) is 11.8 Å². The van der Waals surface area contributed by atoms with Crippen molar-refractivity contribution in [2.75, 3.05) is 18.5 Å². The number of hydrogen-bond donors (Lipinski definition) is 4. The largest absolute Gasteiger partial charge is 0.396 e. The van der Waals surface area contributed by atoms with E-state index in [4.69, 9.17) is 5.11 Å². The molecule has 1 unspecified atom stereocenters. The number of amides is 2. The molecular weight excluding hydrogens is 378 g/mol. The summed E-state index contributed by atoms with van der Waals surface area (Å²) in [4.78, 5) is 25.6. The molecule has 6 nitrogen and oxygen atoms in total. The van der Waals surface area contributed by atoms with Crippen LogP contribution in [0.1, 0.15) is 38.9 Å². The molecular formula is C24H23N3O3. The second kappa shape index (κ2) is 8.90. The van der Waals surface area contributed by atoms with E-state index in [0.717, 1.165) is 16.7 Å². The van der Waals surface area contributed by atoms with Gasteiger partial charge in [-0.3, -0.25) is 14.9 Å². The Bertz CT molecular complexity index is 1050. The molecule has 0 fully saturated rings. The molecule has 4 N–H and O–H groups in total. The van der Waals surface area contributed by atoms with Crippen LogP contribution in [-0.2, 0) is 0 Å². The number of nitrogens with one attached hydrogen (secondary N) is 3. The van der Waals surface area contributed by atoms with Crippen LogP contribution in [0.5, 0.6) is 0 Å². The van der Waals surface area contributed by atoms with E-state index in [1.54, 1.807) is 30.3 Å². The zero-order valence-electron chi connectivity index (χ0n) is 16.4. The summed E-state index contributed by atoms with van der Waals surface area (Å²) in [6.45, 7) is 0.620. The average Bonchev–Trinajstić information content (AvgIpc) is 3.12. The summed E-state index contributed by atoms with van der Waals surface area (Å²) in [5, 5.41) is 18.2. The van der Waals surface area contributed by atoms with Gasteiger partial charge in [-0.15, -0.1) is 0 Å². The lowest BCUT2D eigenvalue weighted by molar-refractivity contribution is 0.0951. The third-order valence-corrected chi connectivity index (χ3v) is 5.09. The normalized spacial score (nSPS) is 14.8. The highest BCUT2D eigenvalue weighted by Crippen LogP contribution is 2.38. The lowest BCUT2D eigenvalue weighted by Gasteiger charge is -2.18. The molecule has 4 rings (SSSR count). The molecule has 0 aromatic heterocycles. The predicted molar refractivity (Wildman–Crippen MR) is 116 cm³/mol. The van der Waals surface area contributed by atoms with Crippen molar-refractivity contribution < 1.29 is 14.7 Å². The van der Waals surface area contributed by atoms with Crippen LogP contribution in [0.2, 0.25) is 0 Å². The summed E-state index contributed by atoms with van der Waals surface area (Å²) in [6, 6.07) is 22.4. The van der Waals surface area contributed by atoms with E-state index >= 15 is 0 Å². The fourth-order valence-corrected chi connectivity index (χ4v) is 3.68. The van der Waals surface area contributed by atoms with Crippen molar-refractivity contribution in [3.05, 3.63) is 89.5 Å². The molecule has 0 saturated heterocycles. The molecule has 0 radical (unpaired) electrons. The third-order valence-electron chi connectivity index (χ3n) is 5.09. The minimum Gasteiger partial charge on any atom is -0.396 e. The highest BCUT2D eigenvalue weighted by molar-refractivity contribution is 6.12. The summed E-state index contributed by atoms with van der Waals surface area (Å²) in [5.41, 5.74) is 4.16. The highest BCUT2D eigenvalue weighted by Gasteiger charge is 2.34. The van der Waals surface area contributed by atoms with Gasteiger partial charge in [0.05, 0.1) is 11.3 Å². The molecule has 0 spiro atoms. The van der Waals surface area contributed by atoms with Crippen LogP contribution in [0.15, 0.2) is 72.8 Å². The third kappa shape index (κ3) is 3.96. The number of benzene rings is 3. The molecule has 3 aromatic rings. The maximum atomic E-state index is 12.9. The van der Waals surface area contributed by atoms with Crippen molar-refractivity contribution in [3.63, 3.8) is 0 Å². The Labute approximate surface area is 174 Å². The number of carbonyl (C=O) groups is 2. The van der Waals surface area contributed by atoms with Crippen molar-refractivity contribution >= 4 is 17.5 Å². The van der Waals surface area contributed by atoms with Gasteiger partial charge in [-0.25, -0.2) is 0 Å². The number of rotatable bonds is 7. The summed E-state index contributed by atoms with van der Waals surface area (Å²) >= 11 is 0. The van der Waals surface area contributed by atoms with E-state index in [0.29, 0.717) is 29.8 Å². The van der Waals surface area contributed by atoms with E-state index < -0.39 is 6.17 Å². The molecule has 0 saturated carbocycles. The minimum atomic E-state index is -0.400. The summed E-state index contributed by atoms with van der Waals surface area (Å²) in [5.74, 6) is -0.512. The van der Waals surface area contributed by atoms with Crippen LogP contribution < -0.4 is 16.0 Å². The van der Waals surface area contributed by atoms with E-state index in [-0.39, 0.29) is 18.4 Å².